The van der Waals surface area contributed by atoms with Gasteiger partial charge in [0.15, 0.2) is 0 Å². The first kappa shape index (κ1) is 11.2. The lowest BCUT2D eigenvalue weighted by Gasteiger charge is -2.20. The van der Waals surface area contributed by atoms with Gasteiger partial charge >= 0.3 is 5.97 Å². The average Bonchev–Trinajstić information content (AvgIpc) is 2.15. The highest BCUT2D eigenvalue weighted by atomic mass is 16.5. The van der Waals surface area contributed by atoms with E-state index in [4.69, 9.17) is 9.84 Å². The second kappa shape index (κ2) is 5.15. The van der Waals surface area contributed by atoms with E-state index < -0.39 is 5.97 Å². The number of rotatable bonds is 3. The summed E-state index contributed by atoms with van der Waals surface area (Å²) in [7, 11) is 0. The molecule has 0 amide bonds. The lowest BCUT2D eigenvalue weighted by atomic mass is 9.99. The summed E-state index contributed by atoms with van der Waals surface area (Å²) in [5.41, 5.74) is 0.469. The Morgan fingerprint density at radius 1 is 1.50 bits per heavy atom. The molecule has 1 fully saturated rings. The molecular weight excluding hydrogens is 180 g/mol. The number of hydrogen-bond donors (Lipinski definition) is 1. The lowest BCUT2D eigenvalue weighted by Crippen LogP contribution is -2.19. The van der Waals surface area contributed by atoms with Gasteiger partial charge in [-0.1, -0.05) is 13.8 Å². The molecule has 0 radical (unpaired) electrons. The van der Waals surface area contributed by atoms with Crippen molar-refractivity contribution in [1.29, 1.82) is 0 Å². The van der Waals surface area contributed by atoms with Crippen LogP contribution in [0.5, 0.6) is 0 Å². The fraction of sp³-hybridized carbons (Fsp3) is 0.727. The van der Waals surface area contributed by atoms with E-state index in [9.17, 15) is 4.79 Å². The Morgan fingerprint density at radius 3 is 2.64 bits per heavy atom. The second-order valence-electron chi connectivity index (χ2n) is 3.99. The highest BCUT2D eigenvalue weighted by Gasteiger charge is 2.17. The van der Waals surface area contributed by atoms with Crippen molar-refractivity contribution in [1.82, 2.24) is 0 Å². The van der Waals surface area contributed by atoms with Gasteiger partial charge in [-0.3, -0.25) is 0 Å². The van der Waals surface area contributed by atoms with E-state index >= 15 is 0 Å². The zero-order valence-corrected chi connectivity index (χ0v) is 8.82. The maximum Gasteiger partial charge on any atom is 0.331 e. The van der Waals surface area contributed by atoms with Crippen LogP contribution in [0.1, 0.15) is 33.1 Å². The maximum atomic E-state index is 10.9. The lowest BCUT2D eigenvalue weighted by molar-refractivity contribution is -0.133. The summed E-state index contributed by atoms with van der Waals surface area (Å²) in [5.74, 6) is -0.771. The number of aliphatic carboxylic acids is 1. The van der Waals surface area contributed by atoms with E-state index in [0.29, 0.717) is 5.57 Å². The monoisotopic (exact) mass is 198 g/mol. The molecule has 0 aromatic carbocycles. The summed E-state index contributed by atoms with van der Waals surface area (Å²) in [6.45, 7) is 4.54. The second-order valence-corrected chi connectivity index (χ2v) is 3.99. The van der Waals surface area contributed by atoms with Crippen LogP contribution in [0.4, 0.5) is 0 Å². The van der Waals surface area contributed by atoms with Gasteiger partial charge in [-0.15, -0.1) is 0 Å². The van der Waals surface area contributed by atoms with E-state index in [1.54, 1.807) is 6.08 Å². The van der Waals surface area contributed by atoms with E-state index in [1.807, 2.05) is 13.8 Å². The van der Waals surface area contributed by atoms with Gasteiger partial charge in [0.1, 0.15) is 0 Å². The SMILES string of the molecule is CC(C)C(=CC1CCCCO1)C(=O)O. The molecule has 1 aliphatic heterocycles. The molecule has 1 atom stereocenters. The smallest absolute Gasteiger partial charge is 0.331 e. The number of carbonyl (C=O) groups is 1. The molecule has 14 heavy (non-hydrogen) atoms. The Kier molecular flexibility index (Phi) is 4.14. The largest absolute Gasteiger partial charge is 0.478 e. The molecule has 3 heteroatoms. The fourth-order valence-electron chi connectivity index (χ4n) is 1.61. The first-order chi connectivity index (χ1) is 6.61. The Bertz CT molecular complexity index is 225. The molecule has 1 unspecified atom stereocenters. The van der Waals surface area contributed by atoms with Crippen LogP contribution in [-0.2, 0) is 9.53 Å². The van der Waals surface area contributed by atoms with Crippen LogP contribution in [0, 0.1) is 5.92 Å². The predicted molar refractivity (Wildman–Crippen MR) is 54.1 cm³/mol. The summed E-state index contributed by atoms with van der Waals surface area (Å²) in [5, 5.41) is 8.95. The third kappa shape index (κ3) is 3.14. The summed E-state index contributed by atoms with van der Waals surface area (Å²) in [4.78, 5) is 10.9. The molecule has 1 N–H and O–H groups in total. The molecule has 0 spiro atoms. The third-order valence-electron chi connectivity index (χ3n) is 2.45. The zero-order chi connectivity index (χ0) is 10.6. The van der Waals surface area contributed by atoms with Crippen LogP contribution in [0.3, 0.4) is 0 Å². The molecule has 0 aromatic heterocycles. The van der Waals surface area contributed by atoms with Crippen LogP contribution in [0.2, 0.25) is 0 Å². The third-order valence-corrected chi connectivity index (χ3v) is 2.45. The van der Waals surface area contributed by atoms with E-state index in [1.165, 1.54) is 0 Å². The minimum Gasteiger partial charge on any atom is -0.478 e. The fourth-order valence-corrected chi connectivity index (χ4v) is 1.61. The summed E-state index contributed by atoms with van der Waals surface area (Å²) >= 11 is 0. The zero-order valence-electron chi connectivity index (χ0n) is 8.82. The predicted octanol–water partition coefficient (Wildman–Crippen LogP) is 2.22. The molecule has 0 bridgehead atoms. The van der Waals surface area contributed by atoms with E-state index in [2.05, 4.69) is 0 Å². The van der Waals surface area contributed by atoms with Crippen molar-refractivity contribution < 1.29 is 14.6 Å². The van der Waals surface area contributed by atoms with Gasteiger partial charge in [0.05, 0.1) is 6.10 Å². The number of carboxylic acids is 1. The Morgan fingerprint density at radius 2 is 2.21 bits per heavy atom. The van der Waals surface area contributed by atoms with Crippen molar-refractivity contribution >= 4 is 5.97 Å². The minimum absolute atomic E-state index is 0.0113. The Balaban J connectivity index is 2.65. The topological polar surface area (TPSA) is 46.5 Å². The van der Waals surface area contributed by atoms with Crippen molar-refractivity contribution in [3.8, 4) is 0 Å². The van der Waals surface area contributed by atoms with E-state index in [-0.39, 0.29) is 12.0 Å². The first-order valence-electron chi connectivity index (χ1n) is 5.18. The normalized spacial score (nSPS) is 23.9. The number of hydrogen-bond acceptors (Lipinski definition) is 2. The van der Waals surface area contributed by atoms with Crippen LogP contribution in [0.15, 0.2) is 11.6 Å². The number of ether oxygens (including phenoxy) is 1. The van der Waals surface area contributed by atoms with Gasteiger partial charge in [0.2, 0.25) is 0 Å². The molecular formula is C11H18O3. The number of carboxylic acid groups (broad SMARTS) is 1. The molecule has 0 aliphatic carbocycles. The van der Waals surface area contributed by atoms with Gasteiger partial charge in [0, 0.05) is 12.2 Å². The molecule has 80 valence electrons. The summed E-state index contributed by atoms with van der Waals surface area (Å²) in [6, 6.07) is 0. The highest BCUT2D eigenvalue weighted by Crippen LogP contribution is 2.18. The Labute approximate surface area is 84.8 Å². The van der Waals surface area contributed by atoms with E-state index in [0.717, 1.165) is 25.9 Å². The average molecular weight is 198 g/mol. The van der Waals surface area contributed by atoms with Crippen molar-refractivity contribution in [3.63, 3.8) is 0 Å². The standard InChI is InChI=1S/C11H18O3/c1-8(2)10(11(12)13)7-9-5-3-4-6-14-9/h7-9H,3-6H2,1-2H3,(H,12,13). The van der Waals surface area contributed by atoms with Gasteiger partial charge in [-0.25, -0.2) is 4.79 Å². The van der Waals surface area contributed by atoms with Crippen LogP contribution in [0.25, 0.3) is 0 Å². The first-order valence-corrected chi connectivity index (χ1v) is 5.18. The van der Waals surface area contributed by atoms with Crippen molar-refractivity contribution in [2.75, 3.05) is 6.61 Å². The molecule has 1 rings (SSSR count). The highest BCUT2D eigenvalue weighted by molar-refractivity contribution is 5.87. The Hall–Kier alpha value is -0.830. The van der Waals surface area contributed by atoms with Crippen molar-refractivity contribution in [2.24, 2.45) is 5.92 Å². The molecule has 0 aromatic rings. The maximum absolute atomic E-state index is 10.9. The summed E-state index contributed by atoms with van der Waals surface area (Å²) in [6.07, 6.45) is 4.95. The van der Waals surface area contributed by atoms with Crippen LogP contribution < -0.4 is 0 Å². The minimum atomic E-state index is -0.825. The van der Waals surface area contributed by atoms with Gasteiger partial charge < -0.3 is 9.84 Å². The molecule has 3 nitrogen and oxygen atoms in total. The van der Waals surface area contributed by atoms with Crippen molar-refractivity contribution in [3.05, 3.63) is 11.6 Å². The van der Waals surface area contributed by atoms with Crippen molar-refractivity contribution in [2.45, 2.75) is 39.2 Å². The molecule has 1 saturated heterocycles. The van der Waals surface area contributed by atoms with Gasteiger partial charge in [-0.2, -0.15) is 0 Å². The molecule has 1 aliphatic rings. The summed E-state index contributed by atoms with van der Waals surface area (Å²) < 4.78 is 5.47. The van der Waals surface area contributed by atoms with Crippen LogP contribution >= 0.6 is 0 Å². The van der Waals surface area contributed by atoms with Gasteiger partial charge in [0.25, 0.3) is 0 Å². The van der Waals surface area contributed by atoms with Gasteiger partial charge in [-0.05, 0) is 31.3 Å². The van der Waals surface area contributed by atoms with Crippen LogP contribution in [-0.4, -0.2) is 23.8 Å². The molecule has 0 saturated carbocycles. The molecule has 1 heterocycles. The quantitative estimate of drug-likeness (QED) is 0.707.